The molecule has 108 valence electrons. The van der Waals surface area contributed by atoms with Crippen molar-refractivity contribution in [2.24, 2.45) is 0 Å². The number of carbonyl (C=O) groups excluding carboxylic acids is 1. The Balaban J connectivity index is 1.73. The van der Waals surface area contributed by atoms with Crippen LogP contribution in [-0.4, -0.2) is 12.5 Å². The van der Waals surface area contributed by atoms with Crippen LogP contribution in [0.2, 0.25) is 5.02 Å². The molecule has 0 saturated heterocycles. The van der Waals surface area contributed by atoms with Crippen molar-refractivity contribution in [2.45, 2.75) is 13.0 Å². The van der Waals surface area contributed by atoms with Crippen molar-refractivity contribution < 1.29 is 9.53 Å². The number of carbonyl (C=O) groups is 1. The maximum atomic E-state index is 12.1. The summed E-state index contributed by atoms with van der Waals surface area (Å²) in [7, 11) is 0. The highest BCUT2D eigenvalue weighted by Gasteiger charge is 2.18. The highest BCUT2D eigenvalue weighted by Crippen LogP contribution is 2.32. The van der Waals surface area contributed by atoms with Crippen LogP contribution < -0.4 is 10.1 Å². The van der Waals surface area contributed by atoms with E-state index in [2.05, 4.69) is 27.3 Å². The second-order valence-electron chi connectivity index (χ2n) is 4.84. The Labute approximate surface area is 136 Å². The summed E-state index contributed by atoms with van der Waals surface area (Å²) in [5.41, 5.74) is 2.76. The molecule has 1 aliphatic rings. The number of nitrogens with one attached hydrogen (secondary N) is 1. The number of rotatable bonds is 3. The number of amides is 1. The SMILES string of the molecule is O=C(NCc1cc(Br)cc2c1OCC2)c1ccc(Cl)cc1. The highest BCUT2D eigenvalue weighted by atomic mass is 79.9. The van der Waals surface area contributed by atoms with Crippen LogP contribution >= 0.6 is 27.5 Å². The molecule has 2 aromatic carbocycles. The van der Waals surface area contributed by atoms with Gasteiger partial charge < -0.3 is 10.1 Å². The van der Waals surface area contributed by atoms with Gasteiger partial charge in [-0.25, -0.2) is 0 Å². The third-order valence-electron chi connectivity index (χ3n) is 3.37. The summed E-state index contributed by atoms with van der Waals surface area (Å²) in [6.07, 6.45) is 0.910. The monoisotopic (exact) mass is 365 g/mol. The van der Waals surface area contributed by atoms with Crippen LogP contribution in [0.1, 0.15) is 21.5 Å². The number of hydrogen-bond acceptors (Lipinski definition) is 2. The van der Waals surface area contributed by atoms with Crippen LogP contribution in [0, 0.1) is 0 Å². The van der Waals surface area contributed by atoms with Gasteiger partial charge in [0, 0.05) is 33.6 Å². The predicted molar refractivity (Wildman–Crippen MR) is 86.0 cm³/mol. The normalized spacial score (nSPS) is 12.7. The van der Waals surface area contributed by atoms with Crippen molar-refractivity contribution in [2.75, 3.05) is 6.61 Å². The lowest BCUT2D eigenvalue weighted by Crippen LogP contribution is -2.23. The zero-order valence-corrected chi connectivity index (χ0v) is 13.5. The van der Waals surface area contributed by atoms with Crippen molar-refractivity contribution in [3.05, 3.63) is 62.6 Å². The van der Waals surface area contributed by atoms with Gasteiger partial charge in [0.2, 0.25) is 0 Å². The first-order chi connectivity index (χ1) is 10.1. The Morgan fingerprint density at radius 3 is 2.81 bits per heavy atom. The molecule has 3 rings (SSSR count). The molecule has 1 aliphatic heterocycles. The fraction of sp³-hybridized carbons (Fsp3) is 0.188. The standard InChI is InChI=1S/C16H13BrClNO2/c17-13-7-11-5-6-21-15(11)12(8-13)9-19-16(20)10-1-3-14(18)4-2-10/h1-4,7-8H,5-6,9H2,(H,19,20). The number of fused-ring (bicyclic) bond motifs is 1. The Morgan fingerprint density at radius 2 is 2.05 bits per heavy atom. The maximum absolute atomic E-state index is 12.1. The molecule has 5 heteroatoms. The summed E-state index contributed by atoms with van der Waals surface area (Å²) in [4.78, 5) is 12.1. The van der Waals surface area contributed by atoms with E-state index < -0.39 is 0 Å². The fourth-order valence-corrected chi connectivity index (χ4v) is 3.03. The summed E-state index contributed by atoms with van der Waals surface area (Å²) in [6, 6.07) is 10.9. The molecular formula is C16H13BrClNO2. The Hall–Kier alpha value is -1.52. The molecular weight excluding hydrogens is 354 g/mol. The summed E-state index contributed by atoms with van der Waals surface area (Å²) in [6.45, 7) is 1.13. The van der Waals surface area contributed by atoms with Crippen LogP contribution in [0.5, 0.6) is 5.75 Å². The fourth-order valence-electron chi connectivity index (χ4n) is 2.36. The number of benzene rings is 2. The second kappa shape index (κ2) is 6.08. The van der Waals surface area contributed by atoms with Crippen molar-refractivity contribution >= 4 is 33.4 Å². The first-order valence-corrected chi connectivity index (χ1v) is 7.78. The summed E-state index contributed by atoms with van der Waals surface area (Å²) in [5, 5.41) is 3.52. The smallest absolute Gasteiger partial charge is 0.251 e. The van der Waals surface area contributed by atoms with Gasteiger partial charge >= 0.3 is 0 Å². The van der Waals surface area contributed by atoms with Crippen molar-refractivity contribution in [3.63, 3.8) is 0 Å². The van der Waals surface area contributed by atoms with Crippen molar-refractivity contribution in [3.8, 4) is 5.75 Å². The van der Waals surface area contributed by atoms with Crippen LogP contribution in [0.4, 0.5) is 0 Å². The molecule has 0 bridgehead atoms. The molecule has 0 aromatic heterocycles. The maximum Gasteiger partial charge on any atom is 0.251 e. The summed E-state index contributed by atoms with van der Waals surface area (Å²) in [5.74, 6) is 0.771. The van der Waals surface area contributed by atoms with E-state index in [4.69, 9.17) is 16.3 Å². The third-order valence-corrected chi connectivity index (χ3v) is 4.08. The Morgan fingerprint density at radius 1 is 1.29 bits per heavy atom. The van der Waals surface area contributed by atoms with Gasteiger partial charge in [-0.15, -0.1) is 0 Å². The van der Waals surface area contributed by atoms with E-state index in [1.54, 1.807) is 24.3 Å². The zero-order valence-electron chi connectivity index (χ0n) is 11.2. The van der Waals surface area contributed by atoms with Crippen LogP contribution in [-0.2, 0) is 13.0 Å². The zero-order chi connectivity index (χ0) is 14.8. The molecule has 0 aliphatic carbocycles. The lowest BCUT2D eigenvalue weighted by Gasteiger charge is -2.10. The Kier molecular flexibility index (Phi) is 4.17. The molecule has 1 N–H and O–H groups in total. The van der Waals surface area contributed by atoms with Crippen molar-refractivity contribution in [1.82, 2.24) is 5.32 Å². The molecule has 0 spiro atoms. The molecule has 1 heterocycles. The quantitative estimate of drug-likeness (QED) is 0.892. The second-order valence-corrected chi connectivity index (χ2v) is 6.19. The van der Waals surface area contributed by atoms with E-state index >= 15 is 0 Å². The Bertz CT molecular complexity index is 685. The first-order valence-electron chi connectivity index (χ1n) is 6.61. The van der Waals surface area contributed by atoms with Crippen LogP contribution in [0.3, 0.4) is 0 Å². The van der Waals surface area contributed by atoms with Gasteiger partial charge in [0.05, 0.1) is 6.61 Å². The van der Waals surface area contributed by atoms with Crippen LogP contribution in [0.15, 0.2) is 40.9 Å². The van der Waals surface area contributed by atoms with E-state index in [-0.39, 0.29) is 5.91 Å². The van der Waals surface area contributed by atoms with E-state index in [1.165, 1.54) is 5.56 Å². The van der Waals surface area contributed by atoms with E-state index in [0.29, 0.717) is 23.7 Å². The lowest BCUT2D eigenvalue weighted by molar-refractivity contribution is 0.0950. The number of ether oxygens (including phenoxy) is 1. The van der Waals surface area contributed by atoms with E-state index in [9.17, 15) is 4.79 Å². The topological polar surface area (TPSA) is 38.3 Å². The van der Waals surface area contributed by atoms with Gasteiger partial charge in [0.25, 0.3) is 5.91 Å². The molecule has 2 aromatic rings. The van der Waals surface area contributed by atoms with Gasteiger partial charge in [-0.2, -0.15) is 0 Å². The van der Waals surface area contributed by atoms with Gasteiger partial charge in [0.15, 0.2) is 0 Å². The predicted octanol–water partition coefficient (Wildman–Crippen LogP) is 3.97. The minimum absolute atomic E-state index is 0.126. The van der Waals surface area contributed by atoms with E-state index in [1.807, 2.05) is 6.07 Å². The van der Waals surface area contributed by atoms with Crippen LogP contribution in [0.25, 0.3) is 0 Å². The van der Waals surface area contributed by atoms with Gasteiger partial charge in [-0.05, 0) is 42.0 Å². The molecule has 3 nitrogen and oxygen atoms in total. The summed E-state index contributed by atoms with van der Waals surface area (Å²) >= 11 is 9.31. The average molecular weight is 367 g/mol. The lowest BCUT2D eigenvalue weighted by atomic mass is 10.1. The average Bonchev–Trinajstić information content (AvgIpc) is 2.93. The van der Waals surface area contributed by atoms with Gasteiger partial charge in [0.1, 0.15) is 5.75 Å². The summed E-state index contributed by atoms with van der Waals surface area (Å²) < 4.78 is 6.65. The molecule has 0 radical (unpaired) electrons. The first kappa shape index (κ1) is 14.4. The number of halogens is 2. The molecule has 21 heavy (non-hydrogen) atoms. The minimum Gasteiger partial charge on any atom is -0.493 e. The molecule has 0 unspecified atom stereocenters. The molecule has 0 fully saturated rings. The highest BCUT2D eigenvalue weighted by molar-refractivity contribution is 9.10. The number of hydrogen-bond donors (Lipinski definition) is 1. The van der Waals surface area contributed by atoms with Gasteiger partial charge in [-0.1, -0.05) is 27.5 Å². The molecule has 0 saturated carbocycles. The minimum atomic E-state index is -0.126. The molecule has 0 atom stereocenters. The third kappa shape index (κ3) is 3.22. The largest absolute Gasteiger partial charge is 0.493 e. The molecule has 1 amide bonds. The van der Waals surface area contributed by atoms with E-state index in [0.717, 1.165) is 22.2 Å². The van der Waals surface area contributed by atoms with Crippen molar-refractivity contribution in [1.29, 1.82) is 0 Å². The van der Waals surface area contributed by atoms with Gasteiger partial charge in [-0.3, -0.25) is 4.79 Å².